The molecule has 1 aliphatic carbocycles. The van der Waals surface area contributed by atoms with E-state index in [0.29, 0.717) is 19.7 Å². The van der Waals surface area contributed by atoms with Gasteiger partial charge in [-0.25, -0.2) is 4.79 Å². The standard InChI is InChI=1S/C9H16N2O2/c10-5-6-11-8(12)13-7-9(11)3-1-2-4-9/h1-7,10H2. The van der Waals surface area contributed by atoms with Crippen LogP contribution in [0.1, 0.15) is 25.7 Å². The highest BCUT2D eigenvalue weighted by molar-refractivity contribution is 5.71. The number of carbonyl (C=O) groups excluding carboxylic acids is 1. The molecule has 2 N–H and O–H groups in total. The summed E-state index contributed by atoms with van der Waals surface area (Å²) in [5.41, 5.74) is 5.48. The van der Waals surface area contributed by atoms with E-state index in [1.54, 1.807) is 0 Å². The highest BCUT2D eigenvalue weighted by Gasteiger charge is 2.48. The number of carbonyl (C=O) groups is 1. The van der Waals surface area contributed by atoms with Crippen molar-refractivity contribution in [3.8, 4) is 0 Å². The Bertz CT molecular complexity index is 212. The van der Waals surface area contributed by atoms with E-state index in [2.05, 4.69) is 0 Å². The van der Waals surface area contributed by atoms with E-state index in [1.165, 1.54) is 12.8 Å². The molecule has 74 valence electrons. The Labute approximate surface area is 78.0 Å². The van der Waals surface area contributed by atoms with Crippen molar-refractivity contribution in [1.82, 2.24) is 4.90 Å². The van der Waals surface area contributed by atoms with Crippen LogP contribution >= 0.6 is 0 Å². The smallest absolute Gasteiger partial charge is 0.410 e. The van der Waals surface area contributed by atoms with Gasteiger partial charge >= 0.3 is 6.09 Å². The van der Waals surface area contributed by atoms with Crippen LogP contribution in [0.3, 0.4) is 0 Å². The molecule has 1 spiro atoms. The van der Waals surface area contributed by atoms with Crippen molar-refractivity contribution in [2.75, 3.05) is 19.7 Å². The van der Waals surface area contributed by atoms with Crippen molar-refractivity contribution >= 4 is 6.09 Å². The molecule has 4 nitrogen and oxygen atoms in total. The fraction of sp³-hybridized carbons (Fsp3) is 0.889. The quantitative estimate of drug-likeness (QED) is 0.687. The molecule has 0 aromatic heterocycles. The van der Waals surface area contributed by atoms with Crippen LogP contribution in [-0.2, 0) is 4.74 Å². The van der Waals surface area contributed by atoms with Crippen molar-refractivity contribution in [2.24, 2.45) is 5.73 Å². The van der Waals surface area contributed by atoms with Crippen molar-refractivity contribution in [1.29, 1.82) is 0 Å². The van der Waals surface area contributed by atoms with Gasteiger partial charge in [0.1, 0.15) is 6.61 Å². The van der Waals surface area contributed by atoms with Gasteiger partial charge in [0.25, 0.3) is 0 Å². The SMILES string of the molecule is NCCN1C(=O)OCC12CCCC2. The predicted octanol–water partition coefficient (Wildman–Crippen LogP) is 0.710. The summed E-state index contributed by atoms with van der Waals surface area (Å²) in [6, 6.07) is 0. The van der Waals surface area contributed by atoms with Crippen LogP contribution in [-0.4, -0.2) is 36.2 Å². The second kappa shape index (κ2) is 3.18. The molecule has 1 amide bonds. The molecule has 1 heterocycles. The Balaban J connectivity index is 2.13. The summed E-state index contributed by atoms with van der Waals surface area (Å²) < 4.78 is 5.09. The molecule has 1 saturated carbocycles. The monoisotopic (exact) mass is 184 g/mol. The van der Waals surface area contributed by atoms with E-state index >= 15 is 0 Å². The number of ether oxygens (including phenoxy) is 1. The largest absolute Gasteiger partial charge is 0.447 e. The third kappa shape index (κ3) is 1.29. The molecule has 1 aliphatic heterocycles. The van der Waals surface area contributed by atoms with Gasteiger partial charge in [0.2, 0.25) is 0 Å². The van der Waals surface area contributed by atoms with Crippen molar-refractivity contribution in [3.63, 3.8) is 0 Å². The molecule has 0 unspecified atom stereocenters. The summed E-state index contributed by atoms with van der Waals surface area (Å²) in [6.45, 7) is 1.74. The van der Waals surface area contributed by atoms with Gasteiger partial charge in [-0.05, 0) is 12.8 Å². The van der Waals surface area contributed by atoms with E-state index in [1.807, 2.05) is 4.90 Å². The Morgan fingerprint density at radius 1 is 1.46 bits per heavy atom. The molecule has 0 bridgehead atoms. The topological polar surface area (TPSA) is 55.6 Å². The summed E-state index contributed by atoms with van der Waals surface area (Å²) in [4.78, 5) is 13.2. The second-order valence-corrected chi connectivity index (χ2v) is 3.93. The number of nitrogens with zero attached hydrogens (tertiary/aromatic N) is 1. The van der Waals surface area contributed by atoms with Gasteiger partial charge in [-0.1, -0.05) is 12.8 Å². The lowest BCUT2D eigenvalue weighted by molar-refractivity contribution is 0.152. The zero-order chi connectivity index (χ0) is 9.31. The van der Waals surface area contributed by atoms with Gasteiger partial charge in [0.05, 0.1) is 5.54 Å². The molecular formula is C9H16N2O2. The number of cyclic esters (lactones) is 1. The molecule has 0 aromatic rings. The van der Waals surface area contributed by atoms with E-state index in [9.17, 15) is 4.79 Å². The van der Waals surface area contributed by atoms with E-state index in [4.69, 9.17) is 10.5 Å². The highest BCUT2D eigenvalue weighted by atomic mass is 16.6. The van der Waals surface area contributed by atoms with Crippen LogP contribution in [0.4, 0.5) is 4.79 Å². The Morgan fingerprint density at radius 2 is 2.15 bits per heavy atom. The molecule has 1 saturated heterocycles. The van der Waals surface area contributed by atoms with Gasteiger partial charge in [-0.2, -0.15) is 0 Å². The zero-order valence-corrected chi connectivity index (χ0v) is 7.79. The molecule has 2 rings (SSSR count). The Morgan fingerprint density at radius 3 is 2.77 bits per heavy atom. The maximum Gasteiger partial charge on any atom is 0.410 e. The van der Waals surface area contributed by atoms with Crippen LogP contribution in [0.2, 0.25) is 0 Å². The summed E-state index contributed by atoms with van der Waals surface area (Å²) >= 11 is 0. The minimum Gasteiger partial charge on any atom is -0.447 e. The van der Waals surface area contributed by atoms with Crippen LogP contribution in [0.15, 0.2) is 0 Å². The lowest BCUT2D eigenvalue weighted by Crippen LogP contribution is -2.47. The number of hydrogen-bond donors (Lipinski definition) is 1. The Hall–Kier alpha value is -0.770. The summed E-state index contributed by atoms with van der Waals surface area (Å²) in [5.74, 6) is 0. The van der Waals surface area contributed by atoms with Gasteiger partial charge in [-0.3, -0.25) is 4.90 Å². The first-order valence-electron chi connectivity index (χ1n) is 4.93. The van der Waals surface area contributed by atoms with E-state index in [0.717, 1.165) is 12.8 Å². The number of hydrogen-bond acceptors (Lipinski definition) is 3. The lowest BCUT2D eigenvalue weighted by atomic mass is 9.98. The minimum atomic E-state index is -0.174. The number of amides is 1. The van der Waals surface area contributed by atoms with Gasteiger partial charge in [0.15, 0.2) is 0 Å². The van der Waals surface area contributed by atoms with Crippen LogP contribution in [0.25, 0.3) is 0 Å². The normalized spacial score (nSPS) is 25.6. The molecule has 0 radical (unpaired) electrons. The minimum absolute atomic E-state index is 0.0104. The van der Waals surface area contributed by atoms with Crippen molar-refractivity contribution in [3.05, 3.63) is 0 Å². The molecule has 4 heteroatoms. The van der Waals surface area contributed by atoms with Crippen LogP contribution in [0, 0.1) is 0 Å². The Kier molecular flexibility index (Phi) is 2.15. The first-order valence-corrected chi connectivity index (χ1v) is 4.93. The average Bonchev–Trinajstić information content (AvgIpc) is 2.69. The molecule has 0 atom stereocenters. The highest BCUT2D eigenvalue weighted by Crippen LogP contribution is 2.39. The molecule has 2 fully saturated rings. The van der Waals surface area contributed by atoms with Crippen LogP contribution in [0.5, 0.6) is 0 Å². The van der Waals surface area contributed by atoms with E-state index in [-0.39, 0.29) is 11.6 Å². The third-order valence-electron chi connectivity index (χ3n) is 3.14. The van der Waals surface area contributed by atoms with Crippen LogP contribution < -0.4 is 5.73 Å². The first kappa shape index (κ1) is 8.81. The first-order chi connectivity index (χ1) is 6.28. The van der Waals surface area contributed by atoms with Crippen molar-refractivity contribution in [2.45, 2.75) is 31.2 Å². The predicted molar refractivity (Wildman–Crippen MR) is 48.3 cm³/mol. The second-order valence-electron chi connectivity index (χ2n) is 3.93. The van der Waals surface area contributed by atoms with E-state index < -0.39 is 0 Å². The molecule has 13 heavy (non-hydrogen) atoms. The fourth-order valence-electron chi connectivity index (χ4n) is 2.45. The lowest BCUT2D eigenvalue weighted by Gasteiger charge is -2.30. The third-order valence-corrected chi connectivity index (χ3v) is 3.14. The molecule has 0 aromatic carbocycles. The average molecular weight is 184 g/mol. The summed E-state index contributed by atoms with van der Waals surface area (Å²) in [6.07, 6.45) is 4.40. The molecule has 2 aliphatic rings. The van der Waals surface area contributed by atoms with Gasteiger partial charge in [-0.15, -0.1) is 0 Å². The van der Waals surface area contributed by atoms with Crippen molar-refractivity contribution < 1.29 is 9.53 Å². The maximum atomic E-state index is 11.4. The number of nitrogens with two attached hydrogens (primary N) is 1. The van der Waals surface area contributed by atoms with Gasteiger partial charge in [0, 0.05) is 13.1 Å². The summed E-state index contributed by atoms with van der Waals surface area (Å²) in [7, 11) is 0. The summed E-state index contributed by atoms with van der Waals surface area (Å²) in [5, 5.41) is 0. The number of rotatable bonds is 2. The zero-order valence-electron chi connectivity index (χ0n) is 7.79. The van der Waals surface area contributed by atoms with Gasteiger partial charge < -0.3 is 10.5 Å². The molecular weight excluding hydrogens is 168 g/mol. The maximum absolute atomic E-state index is 11.4. The fourth-order valence-corrected chi connectivity index (χ4v) is 2.45.